The molecule has 0 unspecified atom stereocenters. The van der Waals surface area contributed by atoms with Crippen molar-refractivity contribution >= 4 is 23.4 Å². The van der Waals surface area contributed by atoms with Gasteiger partial charge in [-0.1, -0.05) is 53.7 Å². The van der Waals surface area contributed by atoms with Gasteiger partial charge in [0.2, 0.25) is 0 Å². The molecule has 0 aromatic heterocycles. The van der Waals surface area contributed by atoms with Gasteiger partial charge in [-0.3, -0.25) is 0 Å². The molecule has 1 aromatic rings. The first-order valence-electron chi connectivity index (χ1n) is 5.65. The first-order chi connectivity index (χ1) is 7.86. The lowest BCUT2D eigenvalue weighted by Gasteiger charge is -2.09. The van der Waals surface area contributed by atoms with Crippen LogP contribution in [0.2, 0.25) is 0 Å². The van der Waals surface area contributed by atoms with Gasteiger partial charge in [-0.15, -0.1) is 0 Å². The van der Waals surface area contributed by atoms with Crippen molar-refractivity contribution in [3.05, 3.63) is 52.4 Å². The lowest BCUT2D eigenvalue weighted by molar-refractivity contribution is 0.756. The molecule has 2 heteroatoms. The molecular formula is C14H15ClS. The number of allylic oxidation sites excluding steroid dienone is 3. The zero-order chi connectivity index (χ0) is 11.2. The van der Waals surface area contributed by atoms with E-state index in [1.807, 2.05) is 6.07 Å². The normalized spacial score (nSPS) is 23.6. The van der Waals surface area contributed by atoms with Crippen molar-refractivity contribution in [2.24, 2.45) is 0 Å². The van der Waals surface area contributed by atoms with Crippen LogP contribution in [0, 0.1) is 0 Å². The molecular weight excluding hydrogens is 236 g/mol. The van der Waals surface area contributed by atoms with Gasteiger partial charge in [0, 0.05) is 9.80 Å². The van der Waals surface area contributed by atoms with Crippen LogP contribution >= 0.6 is 23.4 Å². The molecule has 1 aliphatic carbocycles. The summed E-state index contributed by atoms with van der Waals surface area (Å²) in [7, 11) is 0. The second kappa shape index (κ2) is 6.17. The molecule has 0 fully saturated rings. The van der Waals surface area contributed by atoms with Crippen LogP contribution in [0.1, 0.15) is 25.7 Å². The smallest absolute Gasteiger partial charge is 0.0502 e. The average molecular weight is 251 g/mol. The Labute approximate surface area is 106 Å². The average Bonchev–Trinajstić information content (AvgIpc) is 2.30. The minimum absolute atomic E-state index is 0.911. The molecule has 0 N–H and O–H groups in total. The second-order valence-electron chi connectivity index (χ2n) is 3.82. The molecule has 0 saturated heterocycles. The summed E-state index contributed by atoms with van der Waals surface area (Å²) >= 11 is 8.04. The highest BCUT2D eigenvalue weighted by atomic mass is 35.5. The van der Waals surface area contributed by atoms with E-state index in [2.05, 4.69) is 36.4 Å². The minimum Gasteiger partial charge on any atom is -0.0889 e. The van der Waals surface area contributed by atoms with E-state index in [4.69, 9.17) is 11.6 Å². The monoisotopic (exact) mass is 250 g/mol. The summed E-state index contributed by atoms with van der Waals surface area (Å²) in [5.41, 5.74) is 0. The molecule has 1 aliphatic rings. The molecule has 0 radical (unpaired) electrons. The largest absolute Gasteiger partial charge is 0.0889 e. The van der Waals surface area contributed by atoms with Gasteiger partial charge in [0.25, 0.3) is 0 Å². The Morgan fingerprint density at radius 3 is 2.38 bits per heavy atom. The van der Waals surface area contributed by atoms with Crippen LogP contribution in [0.4, 0.5) is 0 Å². The van der Waals surface area contributed by atoms with Crippen LogP contribution < -0.4 is 0 Å². The summed E-state index contributed by atoms with van der Waals surface area (Å²) < 4.78 is 0. The summed E-state index contributed by atoms with van der Waals surface area (Å²) in [5.74, 6) is 0. The lowest BCUT2D eigenvalue weighted by Crippen LogP contribution is -1.85. The molecule has 2 rings (SSSR count). The summed E-state index contributed by atoms with van der Waals surface area (Å²) in [5, 5.41) is 0.911. The third-order valence-electron chi connectivity index (χ3n) is 2.52. The van der Waals surface area contributed by atoms with E-state index in [0.717, 1.165) is 17.9 Å². The van der Waals surface area contributed by atoms with Crippen LogP contribution in [0.3, 0.4) is 0 Å². The van der Waals surface area contributed by atoms with Gasteiger partial charge in [-0.2, -0.15) is 0 Å². The predicted octanol–water partition coefficient (Wildman–Crippen LogP) is 5.36. The Hall–Kier alpha value is -0.660. The van der Waals surface area contributed by atoms with Crippen molar-refractivity contribution in [3.63, 3.8) is 0 Å². The summed E-state index contributed by atoms with van der Waals surface area (Å²) in [6.07, 6.45) is 9.15. The maximum atomic E-state index is 6.28. The highest BCUT2D eigenvalue weighted by Crippen LogP contribution is 2.35. The van der Waals surface area contributed by atoms with Gasteiger partial charge in [0.1, 0.15) is 0 Å². The van der Waals surface area contributed by atoms with E-state index in [9.17, 15) is 0 Å². The topological polar surface area (TPSA) is 0 Å². The van der Waals surface area contributed by atoms with Crippen LogP contribution in [-0.4, -0.2) is 0 Å². The minimum atomic E-state index is 0.911. The van der Waals surface area contributed by atoms with Gasteiger partial charge >= 0.3 is 0 Å². The third kappa shape index (κ3) is 3.43. The second-order valence-corrected chi connectivity index (χ2v) is 5.34. The highest BCUT2D eigenvalue weighted by Gasteiger charge is 2.06. The van der Waals surface area contributed by atoms with Gasteiger partial charge in [0.15, 0.2) is 0 Å². The van der Waals surface area contributed by atoms with E-state index in [1.54, 1.807) is 11.8 Å². The van der Waals surface area contributed by atoms with Crippen molar-refractivity contribution in [2.75, 3.05) is 0 Å². The fourth-order valence-electron chi connectivity index (χ4n) is 1.65. The predicted molar refractivity (Wildman–Crippen MR) is 72.8 cm³/mol. The van der Waals surface area contributed by atoms with Crippen LogP contribution in [0.5, 0.6) is 0 Å². The van der Waals surface area contributed by atoms with E-state index in [0.29, 0.717) is 0 Å². The van der Waals surface area contributed by atoms with Gasteiger partial charge in [-0.05, 0) is 37.8 Å². The SMILES string of the molecule is ClC1=C/CCCC/C=C\1Sc1ccccc1. The van der Waals surface area contributed by atoms with Crippen molar-refractivity contribution in [1.29, 1.82) is 0 Å². The lowest BCUT2D eigenvalue weighted by atomic mass is 10.1. The molecule has 84 valence electrons. The standard InChI is InChI=1S/C14H15ClS/c15-13-10-6-1-2-7-11-14(13)16-12-8-4-3-5-9-12/h3-5,8-11H,1-2,6-7H2/b13-10+,14-11+. The van der Waals surface area contributed by atoms with Crippen molar-refractivity contribution in [1.82, 2.24) is 0 Å². The van der Waals surface area contributed by atoms with Gasteiger partial charge in [0.05, 0.1) is 5.03 Å². The molecule has 0 heterocycles. The molecule has 16 heavy (non-hydrogen) atoms. The van der Waals surface area contributed by atoms with Crippen LogP contribution in [-0.2, 0) is 0 Å². The van der Waals surface area contributed by atoms with E-state index >= 15 is 0 Å². The van der Waals surface area contributed by atoms with Crippen molar-refractivity contribution in [2.45, 2.75) is 30.6 Å². The molecule has 1 aromatic carbocycles. The number of halogens is 1. The summed E-state index contributed by atoms with van der Waals surface area (Å²) in [4.78, 5) is 2.45. The molecule has 0 nitrogen and oxygen atoms in total. The number of benzene rings is 1. The molecule has 0 bridgehead atoms. The fraction of sp³-hybridized carbons (Fsp3) is 0.286. The Morgan fingerprint density at radius 2 is 1.62 bits per heavy atom. The Morgan fingerprint density at radius 1 is 0.938 bits per heavy atom. The molecule has 0 amide bonds. The highest BCUT2D eigenvalue weighted by molar-refractivity contribution is 8.03. The van der Waals surface area contributed by atoms with E-state index < -0.39 is 0 Å². The molecule has 0 aliphatic heterocycles. The van der Waals surface area contributed by atoms with E-state index in [1.165, 1.54) is 22.6 Å². The first-order valence-corrected chi connectivity index (χ1v) is 6.85. The molecule has 0 saturated carbocycles. The number of rotatable bonds is 2. The van der Waals surface area contributed by atoms with Crippen molar-refractivity contribution in [3.8, 4) is 0 Å². The summed E-state index contributed by atoms with van der Waals surface area (Å²) in [6.45, 7) is 0. The van der Waals surface area contributed by atoms with Gasteiger partial charge in [-0.25, -0.2) is 0 Å². The number of hydrogen-bond donors (Lipinski definition) is 0. The maximum absolute atomic E-state index is 6.28. The number of thioether (sulfide) groups is 1. The third-order valence-corrected chi connectivity index (χ3v) is 4.10. The molecule has 0 atom stereocenters. The maximum Gasteiger partial charge on any atom is 0.0502 e. The Bertz CT molecular complexity index is 392. The van der Waals surface area contributed by atoms with Crippen LogP contribution in [0.25, 0.3) is 0 Å². The van der Waals surface area contributed by atoms with Gasteiger partial charge < -0.3 is 0 Å². The van der Waals surface area contributed by atoms with Crippen molar-refractivity contribution < 1.29 is 0 Å². The zero-order valence-electron chi connectivity index (χ0n) is 9.16. The van der Waals surface area contributed by atoms with E-state index in [-0.39, 0.29) is 0 Å². The Balaban J connectivity index is 2.13. The first kappa shape index (κ1) is 11.8. The number of hydrogen-bond acceptors (Lipinski definition) is 1. The fourth-order valence-corrected chi connectivity index (χ4v) is 2.89. The Kier molecular flexibility index (Phi) is 4.55. The zero-order valence-corrected chi connectivity index (χ0v) is 10.7. The quantitative estimate of drug-likeness (QED) is 0.681. The molecule has 0 spiro atoms. The summed E-state index contributed by atoms with van der Waals surface area (Å²) in [6, 6.07) is 10.4. The van der Waals surface area contributed by atoms with Crippen LogP contribution in [0.15, 0.2) is 57.3 Å².